The zero-order valence-corrected chi connectivity index (χ0v) is 62.9. The summed E-state index contributed by atoms with van der Waals surface area (Å²) in [6.07, 6.45) is 0. The maximum atomic E-state index is 7.12. The molecule has 0 atom stereocenters. The van der Waals surface area contributed by atoms with Gasteiger partial charge in [0.25, 0.3) is 0 Å². The fourth-order valence-electron chi connectivity index (χ4n) is 18.6. The lowest BCUT2D eigenvalue weighted by molar-refractivity contribution is 0.653. The highest BCUT2D eigenvalue weighted by Gasteiger charge is 2.39. The summed E-state index contributed by atoms with van der Waals surface area (Å²) >= 11 is 0. The first-order valence-corrected chi connectivity index (χ1v) is 39.1. The Kier molecular flexibility index (Phi) is 14.9. The second-order valence-corrected chi connectivity index (χ2v) is 31.4. The van der Waals surface area contributed by atoms with E-state index in [1.54, 1.807) is 0 Å². The molecule has 0 fully saturated rings. The molecule has 0 spiro atoms. The van der Waals surface area contributed by atoms with E-state index in [1.807, 2.05) is 12.1 Å². The predicted octanol–water partition coefficient (Wildman–Crippen LogP) is 30.6. The Balaban J connectivity index is 0.597. The Morgan fingerprint density at radius 2 is 0.549 bits per heavy atom. The fraction of sp³-hybridized carbons (Fsp3) is 0.0556. The molecule has 0 saturated heterocycles. The first-order valence-electron chi connectivity index (χ1n) is 39.1. The third-order valence-corrected chi connectivity index (χ3v) is 24.4. The van der Waals surface area contributed by atoms with Crippen molar-refractivity contribution in [1.29, 1.82) is 0 Å². The standard InChI is InChI=1S/C108H74N2O3/c1-107(2)95-30-14-11-24-93(95)102-96(107)64-63-92-91-29-18-27-85(104(91)113-106(92)102)74-43-56-81(57-44-74)110(80-50-37-71(38-51-80)68-21-9-6-10-22-68)82-58-60-88-87-59-47-76(65-97(87)108(3,4)98(88)66-82)83-61-62-86(105-101(83)94-25-13-16-32-100(94)112-105)75-45-54-79(55-46-75)109(77-48-39-72(40-49-77)70-35-33-69(34-36-70)67-19-7-5-8-20-67)78-52-41-73(42-53-78)84-26-17-28-90-89-23-12-15-31-99(89)111-103(84)90/h5-66H,1-4H3. The van der Waals surface area contributed by atoms with Crippen molar-refractivity contribution in [3.8, 4) is 100 Å². The number of fused-ring (bicyclic) bond motifs is 16. The third kappa shape index (κ3) is 10.6. The summed E-state index contributed by atoms with van der Waals surface area (Å²) < 4.78 is 20.7. The molecular formula is C108H74N2O3. The number of para-hydroxylation sites is 4. The fourth-order valence-corrected chi connectivity index (χ4v) is 18.6. The number of rotatable bonds is 13. The maximum absolute atomic E-state index is 7.12. The summed E-state index contributed by atoms with van der Waals surface area (Å²) in [5.41, 5.74) is 37.1. The second kappa shape index (κ2) is 25.7. The predicted molar refractivity (Wildman–Crippen MR) is 471 cm³/mol. The van der Waals surface area contributed by atoms with Crippen LogP contribution in [0.2, 0.25) is 0 Å². The average Bonchev–Trinajstić information content (AvgIpc) is 1.56. The topological polar surface area (TPSA) is 45.9 Å². The summed E-state index contributed by atoms with van der Waals surface area (Å²) in [6.45, 7) is 9.44. The van der Waals surface area contributed by atoms with Crippen LogP contribution >= 0.6 is 0 Å². The van der Waals surface area contributed by atoms with E-state index in [2.05, 4.69) is 401 Å². The molecule has 0 unspecified atom stereocenters. The Morgan fingerprint density at radius 1 is 0.195 bits per heavy atom. The molecule has 0 aliphatic heterocycles. The van der Waals surface area contributed by atoms with Gasteiger partial charge >= 0.3 is 0 Å². The smallest absolute Gasteiger partial charge is 0.143 e. The molecule has 534 valence electrons. The first-order chi connectivity index (χ1) is 55.5. The lowest BCUT2D eigenvalue weighted by Crippen LogP contribution is -2.16. The summed E-state index contributed by atoms with van der Waals surface area (Å²) in [5.74, 6) is 0. The van der Waals surface area contributed by atoms with Crippen molar-refractivity contribution >= 4 is 99.9 Å². The van der Waals surface area contributed by atoms with Crippen LogP contribution in [-0.2, 0) is 10.8 Å². The first kappa shape index (κ1) is 65.8. The minimum absolute atomic E-state index is 0.125. The molecule has 2 aliphatic rings. The van der Waals surface area contributed by atoms with E-state index in [9.17, 15) is 0 Å². The zero-order chi connectivity index (χ0) is 75.2. The molecule has 17 aromatic carbocycles. The van der Waals surface area contributed by atoms with E-state index in [0.717, 1.165) is 156 Å². The van der Waals surface area contributed by atoms with Crippen LogP contribution in [0.15, 0.2) is 389 Å². The molecular weight excluding hydrogens is 1370 g/mol. The van der Waals surface area contributed by atoms with E-state index >= 15 is 0 Å². The number of furan rings is 3. The van der Waals surface area contributed by atoms with Crippen molar-refractivity contribution in [1.82, 2.24) is 0 Å². The molecule has 20 aromatic rings. The van der Waals surface area contributed by atoms with Gasteiger partial charge in [-0.2, -0.15) is 0 Å². The van der Waals surface area contributed by atoms with Crippen molar-refractivity contribution in [2.75, 3.05) is 9.80 Å². The molecule has 22 rings (SSSR count). The number of hydrogen-bond acceptors (Lipinski definition) is 5. The van der Waals surface area contributed by atoms with Crippen molar-refractivity contribution in [2.45, 2.75) is 38.5 Å². The van der Waals surface area contributed by atoms with Gasteiger partial charge in [0.15, 0.2) is 0 Å². The van der Waals surface area contributed by atoms with Crippen LogP contribution in [0, 0.1) is 0 Å². The highest BCUT2D eigenvalue weighted by Crippen LogP contribution is 2.56. The summed E-state index contributed by atoms with van der Waals surface area (Å²) in [5, 5.41) is 6.68. The van der Waals surface area contributed by atoms with Gasteiger partial charge in [-0.05, 0) is 197 Å². The van der Waals surface area contributed by atoms with Crippen molar-refractivity contribution in [3.63, 3.8) is 0 Å². The van der Waals surface area contributed by atoms with Gasteiger partial charge in [-0.3, -0.25) is 0 Å². The molecule has 0 N–H and O–H groups in total. The normalized spacial score (nSPS) is 13.1. The lowest BCUT2D eigenvalue weighted by atomic mass is 9.81. The summed E-state index contributed by atoms with van der Waals surface area (Å²) in [6, 6.07) is 137. The highest BCUT2D eigenvalue weighted by molar-refractivity contribution is 6.18. The molecule has 0 bridgehead atoms. The monoisotopic (exact) mass is 1450 g/mol. The minimum Gasteiger partial charge on any atom is -0.455 e. The summed E-state index contributed by atoms with van der Waals surface area (Å²) in [7, 11) is 0. The molecule has 2 aliphatic carbocycles. The van der Waals surface area contributed by atoms with Crippen LogP contribution in [0.25, 0.3) is 166 Å². The van der Waals surface area contributed by atoms with Gasteiger partial charge < -0.3 is 23.1 Å². The van der Waals surface area contributed by atoms with Gasteiger partial charge in [-0.25, -0.2) is 0 Å². The van der Waals surface area contributed by atoms with E-state index in [1.165, 1.54) is 66.8 Å². The van der Waals surface area contributed by atoms with Gasteiger partial charge in [0.2, 0.25) is 0 Å². The van der Waals surface area contributed by atoms with Gasteiger partial charge in [-0.1, -0.05) is 307 Å². The van der Waals surface area contributed by atoms with Crippen LogP contribution in [0.1, 0.15) is 49.9 Å². The van der Waals surface area contributed by atoms with Crippen LogP contribution in [0.4, 0.5) is 34.1 Å². The van der Waals surface area contributed by atoms with Crippen LogP contribution < -0.4 is 9.80 Å². The Morgan fingerprint density at radius 3 is 1.12 bits per heavy atom. The average molecular weight is 1450 g/mol. The van der Waals surface area contributed by atoms with Crippen molar-refractivity contribution in [3.05, 3.63) is 398 Å². The molecule has 0 saturated carbocycles. The molecule has 0 amide bonds. The number of anilines is 6. The third-order valence-electron chi connectivity index (χ3n) is 24.4. The molecule has 113 heavy (non-hydrogen) atoms. The Labute approximate surface area is 655 Å². The molecule has 5 nitrogen and oxygen atoms in total. The van der Waals surface area contributed by atoms with E-state index in [-0.39, 0.29) is 10.8 Å². The quantitative estimate of drug-likeness (QED) is 0.115. The highest BCUT2D eigenvalue weighted by atomic mass is 16.3. The van der Waals surface area contributed by atoms with Crippen LogP contribution in [0.3, 0.4) is 0 Å². The van der Waals surface area contributed by atoms with Gasteiger partial charge in [0.05, 0.1) is 0 Å². The molecule has 3 aromatic heterocycles. The number of hydrogen-bond donors (Lipinski definition) is 0. The van der Waals surface area contributed by atoms with E-state index in [4.69, 9.17) is 13.3 Å². The molecule has 0 radical (unpaired) electrons. The number of benzene rings is 17. The van der Waals surface area contributed by atoms with E-state index in [0.29, 0.717) is 0 Å². The Bertz CT molecular complexity index is 7170. The van der Waals surface area contributed by atoms with Gasteiger partial charge in [0, 0.05) is 99.5 Å². The lowest BCUT2D eigenvalue weighted by Gasteiger charge is -2.28. The maximum Gasteiger partial charge on any atom is 0.143 e. The van der Waals surface area contributed by atoms with Crippen molar-refractivity contribution in [2.24, 2.45) is 0 Å². The second-order valence-electron chi connectivity index (χ2n) is 31.4. The van der Waals surface area contributed by atoms with Crippen LogP contribution in [-0.4, -0.2) is 0 Å². The zero-order valence-electron chi connectivity index (χ0n) is 62.9. The SMILES string of the molecule is CC1(C)c2cc(-c3ccc(-c4ccc(N(c5ccc(-c6ccc(-c7ccccc7)cc6)cc5)c5ccc(-c6cccc7c6oc6ccccc67)cc5)cc4)c4oc5ccccc5c34)ccc2-c2ccc(N(c3ccc(-c4ccccc4)cc3)c3ccc(-c4cccc5c4oc4c6c(ccc45)C(C)(C)c4ccccc4-6)cc3)cc21. The van der Waals surface area contributed by atoms with E-state index < -0.39 is 0 Å². The molecule has 5 heteroatoms. The van der Waals surface area contributed by atoms with Gasteiger partial charge in [-0.15, -0.1) is 0 Å². The van der Waals surface area contributed by atoms with Crippen LogP contribution in [0.5, 0.6) is 0 Å². The van der Waals surface area contributed by atoms with Gasteiger partial charge in [0.1, 0.15) is 33.5 Å². The minimum atomic E-state index is -0.358. The molecule has 3 heterocycles. The number of nitrogens with zero attached hydrogens (tertiary/aromatic N) is 2. The largest absolute Gasteiger partial charge is 0.455 e. The van der Waals surface area contributed by atoms with Crippen molar-refractivity contribution < 1.29 is 13.3 Å². The summed E-state index contributed by atoms with van der Waals surface area (Å²) in [4.78, 5) is 4.76. The Hall–Kier alpha value is -14.3.